The Kier molecular flexibility index (Phi) is 7.25. The summed E-state index contributed by atoms with van der Waals surface area (Å²) in [5.74, 6) is 0. The van der Waals surface area contributed by atoms with Crippen LogP contribution in [0.5, 0.6) is 0 Å². The third kappa shape index (κ3) is 5.09. The molecule has 0 N–H and O–H groups in total. The third-order valence-electron chi connectivity index (χ3n) is 11.3. The molecule has 1 heterocycles. The van der Waals surface area contributed by atoms with E-state index in [0.717, 1.165) is 5.69 Å². The molecular formula is C54H35N. The zero-order chi connectivity index (χ0) is 36.3. The van der Waals surface area contributed by atoms with Crippen LogP contribution in [0.1, 0.15) is 0 Å². The highest BCUT2D eigenvalue weighted by Crippen LogP contribution is 2.48. The minimum absolute atomic E-state index is 1.16. The minimum Gasteiger partial charge on any atom is -0.309 e. The van der Waals surface area contributed by atoms with E-state index in [0.29, 0.717) is 0 Å². The van der Waals surface area contributed by atoms with Gasteiger partial charge >= 0.3 is 0 Å². The minimum atomic E-state index is 1.16. The smallest absolute Gasteiger partial charge is 0.0540 e. The molecule has 0 saturated heterocycles. The van der Waals surface area contributed by atoms with E-state index in [9.17, 15) is 0 Å². The van der Waals surface area contributed by atoms with Gasteiger partial charge in [0.05, 0.1) is 11.2 Å². The highest BCUT2D eigenvalue weighted by Gasteiger charge is 2.21. The van der Waals surface area contributed by atoms with Gasteiger partial charge in [0.15, 0.2) is 0 Å². The van der Waals surface area contributed by atoms with Crippen LogP contribution in [0, 0.1) is 0 Å². The van der Waals surface area contributed by atoms with E-state index in [-0.39, 0.29) is 0 Å². The molecule has 0 aliphatic rings. The molecule has 1 nitrogen and oxygen atoms in total. The Morgan fingerprint density at radius 3 is 1.44 bits per heavy atom. The van der Waals surface area contributed by atoms with E-state index in [1.807, 2.05) is 0 Å². The van der Waals surface area contributed by atoms with Gasteiger partial charge in [0.25, 0.3) is 0 Å². The van der Waals surface area contributed by atoms with Gasteiger partial charge in [0.1, 0.15) is 0 Å². The summed E-state index contributed by atoms with van der Waals surface area (Å²) >= 11 is 0. The second-order valence-corrected chi connectivity index (χ2v) is 14.5. The van der Waals surface area contributed by atoms with Crippen molar-refractivity contribution in [1.29, 1.82) is 0 Å². The van der Waals surface area contributed by atoms with Crippen molar-refractivity contribution in [2.24, 2.45) is 0 Å². The standard InChI is InChI=1S/C54H35N/c1-3-15-38(16-4-1)52-46-24-12-13-25-47(46)54(53-44-22-10-7-17-40(44)33-41-18-8-11-23-45(41)53)48-32-31-39(34-49(48)52)36-27-29-37(30-28-36)51-35-42-19-9-14-26-50(42)55(51)43-20-5-2-6-21-43/h1-35H. The summed E-state index contributed by atoms with van der Waals surface area (Å²) in [4.78, 5) is 0. The van der Waals surface area contributed by atoms with Crippen LogP contribution in [0.3, 0.4) is 0 Å². The molecule has 11 aromatic rings. The molecule has 0 bridgehead atoms. The molecule has 1 aromatic heterocycles. The van der Waals surface area contributed by atoms with Crippen LogP contribution in [-0.4, -0.2) is 4.57 Å². The Bertz CT molecular complexity index is 3170. The summed E-state index contributed by atoms with van der Waals surface area (Å²) in [6.07, 6.45) is 0. The highest BCUT2D eigenvalue weighted by atomic mass is 15.0. The number of benzene rings is 10. The van der Waals surface area contributed by atoms with Crippen molar-refractivity contribution in [2.75, 3.05) is 0 Å². The molecule has 10 aromatic carbocycles. The van der Waals surface area contributed by atoms with Crippen LogP contribution in [0.4, 0.5) is 0 Å². The topological polar surface area (TPSA) is 4.93 Å². The Morgan fingerprint density at radius 2 is 0.745 bits per heavy atom. The maximum Gasteiger partial charge on any atom is 0.0540 e. The van der Waals surface area contributed by atoms with Crippen molar-refractivity contribution >= 4 is 54.0 Å². The highest BCUT2D eigenvalue weighted by molar-refractivity contribution is 6.27. The molecular weight excluding hydrogens is 663 g/mol. The van der Waals surface area contributed by atoms with Crippen molar-refractivity contribution in [3.63, 3.8) is 0 Å². The lowest BCUT2D eigenvalue weighted by atomic mass is 9.82. The van der Waals surface area contributed by atoms with E-state index in [1.54, 1.807) is 0 Å². The number of fused-ring (bicyclic) bond motifs is 5. The zero-order valence-corrected chi connectivity index (χ0v) is 30.2. The molecule has 55 heavy (non-hydrogen) atoms. The Morgan fingerprint density at radius 1 is 0.255 bits per heavy atom. The van der Waals surface area contributed by atoms with Gasteiger partial charge < -0.3 is 4.57 Å². The van der Waals surface area contributed by atoms with Gasteiger partial charge in [-0.15, -0.1) is 0 Å². The monoisotopic (exact) mass is 697 g/mol. The first kappa shape index (κ1) is 31.3. The molecule has 0 saturated carbocycles. The van der Waals surface area contributed by atoms with Gasteiger partial charge in [0, 0.05) is 11.1 Å². The average Bonchev–Trinajstić information content (AvgIpc) is 3.65. The van der Waals surface area contributed by atoms with Gasteiger partial charge in [-0.2, -0.15) is 0 Å². The third-order valence-corrected chi connectivity index (χ3v) is 11.3. The van der Waals surface area contributed by atoms with Crippen LogP contribution in [-0.2, 0) is 0 Å². The van der Waals surface area contributed by atoms with E-state index < -0.39 is 0 Å². The lowest BCUT2D eigenvalue weighted by Gasteiger charge is -2.21. The second-order valence-electron chi connectivity index (χ2n) is 14.5. The van der Waals surface area contributed by atoms with Crippen molar-refractivity contribution in [1.82, 2.24) is 4.57 Å². The van der Waals surface area contributed by atoms with E-state index in [2.05, 4.69) is 217 Å². The molecule has 0 amide bonds. The Hall–Kier alpha value is -7.22. The second kappa shape index (κ2) is 12.7. The lowest BCUT2D eigenvalue weighted by molar-refractivity contribution is 1.13. The van der Waals surface area contributed by atoms with Crippen molar-refractivity contribution in [2.45, 2.75) is 0 Å². The van der Waals surface area contributed by atoms with Crippen molar-refractivity contribution in [3.8, 4) is 50.3 Å². The van der Waals surface area contributed by atoms with Gasteiger partial charge in [-0.1, -0.05) is 176 Å². The first-order chi connectivity index (χ1) is 27.3. The summed E-state index contributed by atoms with van der Waals surface area (Å²) < 4.78 is 2.37. The first-order valence-electron chi connectivity index (χ1n) is 19.0. The number of aromatic nitrogens is 1. The van der Waals surface area contributed by atoms with Gasteiger partial charge in [-0.3, -0.25) is 0 Å². The largest absolute Gasteiger partial charge is 0.309 e. The van der Waals surface area contributed by atoms with E-state index in [1.165, 1.54) is 98.6 Å². The summed E-state index contributed by atoms with van der Waals surface area (Å²) in [6, 6.07) is 77.8. The maximum absolute atomic E-state index is 2.43. The zero-order valence-electron chi connectivity index (χ0n) is 30.2. The summed E-state index contributed by atoms with van der Waals surface area (Å²) in [7, 11) is 0. The van der Waals surface area contributed by atoms with Gasteiger partial charge in [-0.25, -0.2) is 0 Å². The number of nitrogens with zero attached hydrogens (tertiary/aromatic N) is 1. The Labute approximate surface area is 320 Å². The molecule has 0 aliphatic heterocycles. The first-order valence-corrected chi connectivity index (χ1v) is 19.0. The molecule has 0 atom stereocenters. The fraction of sp³-hybridized carbons (Fsp3) is 0. The molecule has 256 valence electrons. The number of para-hydroxylation sites is 2. The number of hydrogen-bond acceptors (Lipinski definition) is 0. The summed E-state index contributed by atoms with van der Waals surface area (Å²) in [5, 5.41) is 11.3. The Balaban J connectivity index is 1.16. The molecule has 1 heteroatoms. The molecule has 0 aliphatic carbocycles. The lowest BCUT2D eigenvalue weighted by Crippen LogP contribution is -1.96. The molecule has 0 spiro atoms. The molecule has 0 radical (unpaired) electrons. The predicted molar refractivity (Wildman–Crippen MR) is 235 cm³/mol. The fourth-order valence-corrected chi connectivity index (χ4v) is 8.88. The van der Waals surface area contributed by atoms with Crippen LogP contribution < -0.4 is 0 Å². The number of hydrogen-bond donors (Lipinski definition) is 0. The SMILES string of the molecule is c1ccc(-c2c3ccccc3c(-c3c4ccccc4cc4ccccc34)c3ccc(-c4ccc(-c5cc6ccccc6n5-c5ccccc5)cc4)cc23)cc1. The molecule has 0 unspecified atom stereocenters. The normalized spacial score (nSPS) is 11.6. The van der Waals surface area contributed by atoms with Crippen LogP contribution in [0.15, 0.2) is 212 Å². The van der Waals surface area contributed by atoms with Gasteiger partial charge in [0.2, 0.25) is 0 Å². The number of rotatable bonds is 5. The maximum atomic E-state index is 2.43. The molecule has 0 fully saturated rings. The van der Waals surface area contributed by atoms with E-state index in [4.69, 9.17) is 0 Å². The quantitative estimate of drug-likeness (QED) is 0.158. The molecule has 11 rings (SSSR count). The summed E-state index contributed by atoms with van der Waals surface area (Å²) in [5.41, 5.74) is 12.2. The van der Waals surface area contributed by atoms with Crippen LogP contribution in [0.25, 0.3) is 104 Å². The van der Waals surface area contributed by atoms with Crippen molar-refractivity contribution in [3.05, 3.63) is 212 Å². The van der Waals surface area contributed by atoms with Crippen LogP contribution >= 0.6 is 0 Å². The van der Waals surface area contributed by atoms with Crippen molar-refractivity contribution < 1.29 is 0 Å². The predicted octanol–water partition coefficient (Wildman–Crippen LogP) is 14.9. The van der Waals surface area contributed by atoms with E-state index >= 15 is 0 Å². The summed E-state index contributed by atoms with van der Waals surface area (Å²) in [6.45, 7) is 0. The van der Waals surface area contributed by atoms with Crippen LogP contribution in [0.2, 0.25) is 0 Å². The average molecular weight is 698 g/mol. The van der Waals surface area contributed by atoms with Gasteiger partial charge in [-0.05, 0) is 118 Å². The fourth-order valence-electron chi connectivity index (χ4n) is 8.88.